The molecule has 2 atom stereocenters. The number of hydrogen-bond donors (Lipinski definition) is 2. The van der Waals surface area contributed by atoms with Crippen molar-refractivity contribution in [3.63, 3.8) is 0 Å². The summed E-state index contributed by atoms with van der Waals surface area (Å²) in [5, 5.41) is 8.41. The average molecular weight is 433 g/mol. The number of likely N-dealkylation sites (N-methyl/N-ethyl adjacent to an activating group) is 1. The molecule has 2 aliphatic heterocycles. The van der Waals surface area contributed by atoms with Gasteiger partial charge in [0.25, 0.3) is 5.56 Å². The van der Waals surface area contributed by atoms with Crippen molar-refractivity contribution in [1.82, 2.24) is 20.1 Å². The van der Waals surface area contributed by atoms with Crippen molar-refractivity contribution in [1.29, 1.82) is 0 Å². The van der Waals surface area contributed by atoms with Gasteiger partial charge in [0.15, 0.2) is 6.17 Å². The fourth-order valence-electron chi connectivity index (χ4n) is 4.00. The molecule has 0 spiro atoms. The van der Waals surface area contributed by atoms with Crippen molar-refractivity contribution in [2.45, 2.75) is 19.1 Å². The second-order valence-corrected chi connectivity index (χ2v) is 7.99. The van der Waals surface area contributed by atoms with E-state index in [-0.39, 0.29) is 17.8 Å². The zero-order chi connectivity index (χ0) is 21.5. The molecule has 3 heterocycles. The van der Waals surface area contributed by atoms with Crippen LogP contribution in [-0.2, 0) is 0 Å². The van der Waals surface area contributed by atoms with Crippen LogP contribution in [0.5, 0.6) is 0 Å². The zero-order valence-electron chi connectivity index (χ0n) is 17.1. The highest BCUT2D eigenvalue weighted by Crippen LogP contribution is 2.27. The molecule has 3 aromatic rings. The lowest BCUT2D eigenvalue weighted by Crippen LogP contribution is -2.38. The lowest BCUT2D eigenvalue weighted by Gasteiger charge is -2.27. The Morgan fingerprint density at radius 2 is 1.97 bits per heavy atom. The summed E-state index contributed by atoms with van der Waals surface area (Å²) in [6.45, 7) is 2.02. The minimum atomic E-state index is -0.209. The number of nitrogens with one attached hydrogen (secondary N) is 2. The van der Waals surface area contributed by atoms with Crippen LogP contribution in [0.3, 0.4) is 0 Å². The molecule has 2 aliphatic rings. The van der Waals surface area contributed by atoms with Crippen LogP contribution in [-0.4, -0.2) is 35.4 Å². The molecule has 5 rings (SSSR count). The average Bonchev–Trinajstić information content (AvgIpc) is 3.16. The van der Waals surface area contributed by atoms with Crippen LogP contribution in [0.15, 0.2) is 80.9 Å². The van der Waals surface area contributed by atoms with Crippen LogP contribution >= 0.6 is 11.6 Å². The van der Waals surface area contributed by atoms with Gasteiger partial charge in [-0.25, -0.2) is 9.98 Å². The molecule has 8 heteroatoms. The summed E-state index contributed by atoms with van der Waals surface area (Å²) in [5.74, 6) is 0.770. The Labute approximate surface area is 184 Å². The third-order valence-electron chi connectivity index (χ3n) is 5.53. The number of benzene rings is 2. The molecule has 156 valence electrons. The molecule has 0 radical (unpaired) electrons. The van der Waals surface area contributed by atoms with E-state index in [0.717, 1.165) is 28.3 Å². The predicted molar refractivity (Wildman–Crippen MR) is 125 cm³/mol. The number of rotatable bonds is 4. The van der Waals surface area contributed by atoms with Crippen molar-refractivity contribution >= 4 is 35.1 Å². The highest BCUT2D eigenvalue weighted by atomic mass is 35.5. The summed E-state index contributed by atoms with van der Waals surface area (Å²) < 4.78 is 1.72. The molecule has 31 heavy (non-hydrogen) atoms. The number of hydrogen-bond acceptors (Lipinski definition) is 6. The van der Waals surface area contributed by atoms with E-state index in [4.69, 9.17) is 11.6 Å². The minimum Gasteiger partial charge on any atom is -0.362 e. The Bertz CT molecular complexity index is 1310. The summed E-state index contributed by atoms with van der Waals surface area (Å²) in [5.41, 5.74) is 2.26. The van der Waals surface area contributed by atoms with Gasteiger partial charge in [-0.15, -0.1) is 0 Å². The zero-order valence-corrected chi connectivity index (χ0v) is 17.8. The van der Waals surface area contributed by atoms with E-state index in [2.05, 4.69) is 20.6 Å². The number of aromatic nitrogens is 1. The number of pyridine rings is 1. The smallest absolute Gasteiger partial charge is 0.264 e. The first kappa shape index (κ1) is 19.4. The highest BCUT2D eigenvalue weighted by molar-refractivity contribution is 6.35. The van der Waals surface area contributed by atoms with Crippen LogP contribution in [0, 0.1) is 0 Å². The van der Waals surface area contributed by atoms with Gasteiger partial charge in [-0.2, -0.15) is 0 Å². The van der Waals surface area contributed by atoms with E-state index in [1.807, 2.05) is 67.4 Å². The van der Waals surface area contributed by atoms with E-state index in [9.17, 15) is 4.79 Å². The summed E-state index contributed by atoms with van der Waals surface area (Å²) in [6, 6.07) is 16.9. The summed E-state index contributed by atoms with van der Waals surface area (Å²) in [7, 11) is 1.94. The van der Waals surface area contributed by atoms with Crippen LogP contribution in [0.1, 0.15) is 18.7 Å². The Kier molecular flexibility index (Phi) is 4.75. The number of aliphatic imine (C=N–C) groups is 2. The van der Waals surface area contributed by atoms with Crippen molar-refractivity contribution in [2.75, 3.05) is 7.05 Å². The molecule has 0 saturated carbocycles. The minimum absolute atomic E-state index is 0.148. The number of halogens is 1. The van der Waals surface area contributed by atoms with E-state index >= 15 is 0 Å². The molecular weight excluding hydrogens is 412 g/mol. The lowest BCUT2D eigenvalue weighted by molar-refractivity contribution is 0.441. The Morgan fingerprint density at radius 1 is 1.16 bits per heavy atom. The summed E-state index contributed by atoms with van der Waals surface area (Å²) in [4.78, 5) is 24.4. The van der Waals surface area contributed by atoms with Gasteiger partial charge in [0.2, 0.25) is 0 Å². The molecule has 2 unspecified atom stereocenters. The molecule has 0 fully saturated rings. The Morgan fingerprint density at radius 3 is 2.77 bits per heavy atom. The second kappa shape index (κ2) is 7.59. The van der Waals surface area contributed by atoms with Gasteiger partial charge >= 0.3 is 0 Å². The number of para-hydroxylation sites is 1. The fraction of sp³-hybridized carbons (Fsp3) is 0.174. The van der Waals surface area contributed by atoms with Crippen molar-refractivity contribution in [3.8, 4) is 5.69 Å². The molecule has 0 bridgehead atoms. The van der Waals surface area contributed by atoms with Crippen LogP contribution in [0.2, 0.25) is 5.02 Å². The summed E-state index contributed by atoms with van der Waals surface area (Å²) in [6.07, 6.45) is 3.27. The lowest BCUT2D eigenvalue weighted by atomic mass is 10.1. The number of fused-ring (bicyclic) bond motifs is 2. The van der Waals surface area contributed by atoms with Crippen LogP contribution < -0.4 is 16.2 Å². The van der Waals surface area contributed by atoms with Gasteiger partial charge in [-0.3, -0.25) is 9.36 Å². The van der Waals surface area contributed by atoms with Gasteiger partial charge in [0.1, 0.15) is 11.5 Å². The van der Waals surface area contributed by atoms with Crippen LogP contribution in [0.25, 0.3) is 16.5 Å². The highest BCUT2D eigenvalue weighted by Gasteiger charge is 2.28. The molecule has 0 aliphatic carbocycles. The van der Waals surface area contributed by atoms with Gasteiger partial charge in [-0.05, 0) is 36.6 Å². The van der Waals surface area contributed by atoms with E-state index in [0.29, 0.717) is 10.4 Å². The third-order valence-corrected chi connectivity index (χ3v) is 5.85. The molecule has 2 aromatic carbocycles. The SMILES string of the molecule is CC(NC1=C2N=CN(C)C2N=CN1)c1cc2cccc(Cl)c2c(=O)n1-c1ccccc1. The normalized spacial score (nSPS) is 18.3. The van der Waals surface area contributed by atoms with Crippen molar-refractivity contribution < 1.29 is 0 Å². The summed E-state index contributed by atoms with van der Waals surface area (Å²) >= 11 is 6.40. The third kappa shape index (κ3) is 3.27. The standard InChI is InChI=1S/C23H21ClN6O/c1-14(28-21-20-22(26-12-25-21)29(2)13-27-20)18-11-15-7-6-10-17(24)19(15)23(31)30(18)16-8-4-3-5-9-16/h3-14,22,28H,1-2H3,(H,25,26). The molecule has 0 amide bonds. The first-order valence-electron chi connectivity index (χ1n) is 9.99. The van der Waals surface area contributed by atoms with Gasteiger partial charge in [0, 0.05) is 18.4 Å². The first-order chi connectivity index (χ1) is 15.0. The predicted octanol–water partition coefficient (Wildman–Crippen LogP) is 3.40. The first-order valence-corrected chi connectivity index (χ1v) is 10.4. The van der Waals surface area contributed by atoms with Gasteiger partial charge in [-0.1, -0.05) is 41.9 Å². The van der Waals surface area contributed by atoms with Crippen molar-refractivity contribution in [2.24, 2.45) is 9.98 Å². The van der Waals surface area contributed by atoms with Gasteiger partial charge < -0.3 is 15.5 Å². The van der Waals surface area contributed by atoms with Crippen molar-refractivity contribution in [3.05, 3.63) is 87.2 Å². The topological polar surface area (TPSA) is 74.0 Å². The maximum Gasteiger partial charge on any atom is 0.264 e. The Balaban J connectivity index is 1.65. The van der Waals surface area contributed by atoms with E-state index in [1.165, 1.54) is 0 Å². The van der Waals surface area contributed by atoms with E-state index < -0.39 is 0 Å². The molecule has 7 nitrogen and oxygen atoms in total. The van der Waals surface area contributed by atoms with Gasteiger partial charge in [0.05, 0.1) is 29.1 Å². The maximum atomic E-state index is 13.6. The quantitative estimate of drug-likeness (QED) is 0.662. The maximum absolute atomic E-state index is 13.6. The molecular formula is C23H21ClN6O. The molecule has 1 aromatic heterocycles. The van der Waals surface area contributed by atoms with Crippen LogP contribution in [0.4, 0.5) is 0 Å². The Hall–Kier alpha value is -3.58. The van der Waals surface area contributed by atoms with E-state index in [1.54, 1.807) is 23.3 Å². The monoisotopic (exact) mass is 432 g/mol. The fourth-order valence-corrected chi connectivity index (χ4v) is 4.26. The number of nitrogens with zero attached hydrogens (tertiary/aromatic N) is 4. The molecule has 0 saturated heterocycles. The largest absolute Gasteiger partial charge is 0.362 e. The molecule has 2 N–H and O–H groups in total. The second-order valence-electron chi connectivity index (χ2n) is 7.58.